The Morgan fingerprint density at radius 2 is 2.19 bits per heavy atom. The molecule has 7 heteroatoms. The molecule has 1 spiro atoms. The van der Waals surface area contributed by atoms with E-state index in [1.54, 1.807) is 6.33 Å². The van der Waals surface area contributed by atoms with E-state index in [0.29, 0.717) is 6.42 Å². The van der Waals surface area contributed by atoms with Crippen LogP contribution in [0.3, 0.4) is 0 Å². The van der Waals surface area contributed by atoms with Crippen molar-refractivity contribution in [1.29, 1.82) is 0 Å². The number of piperidine rings is 1. The summed E-state index contributed by atoms with van der Waals surface area (Å²) >= 11 is 0. The number of carbonyl (C=O) groups is 1. The maximum absolute atomic E-state index is 12.7. The first-order valence-electron chi connectivity index (χ1n) is 9.90. The Morgan fingerprint density at radius 1 is 1.41 bits per heavy atom. The molecule has 146 valence electrons. The first-order chi connectivity index (χ1) is 13.0. The van der Waals surface area contributed by atoms with Crippen LogP contribution in [0.5, 0.6) is 0 Å². The highest BCUT2D eigenvalue weighted by atomic mass is 16.2. The van der Waals surface area contributed by atoms with Gasteiger partial charge in [0, 0.05) is 56.7 Å². The van der Waals surface area contributed by atoms with Gasteiger partial charge < -0.3 is 14.9 Å². The van der Waals surface area contributed by atoms with Gasteiger partial charge in [-0.2, -0.15) is 0 Å². The average molecular weight is 371 g/mol. The van der Waals surface area contributed by atoms with Crippen molar-refractivity contribution in [3.8, 4) is 0 Å². The van der Waals surface area contributed by atoms with Crippen molar-refractivity contribution < 1.29 is 4.79 Å². The third-order valence-electron chi connectivity index (χ3n) is 5.92. The van der Waals surface area contributed by atoms with Crippen LogP contribution >= 0.6 is 0 Å². The zero-order valence-electron chi connectivity index (χ0n) is 16.5. The molecule has 3 N–H and O–H groups in total. The maximum atomic E-state index is 12.7. The molecule has 0 aromatic carbocycles. The number of carbonyl (C=O) groups excluding carboxylic acids is 1. The quantitative estimate of drug-likeness (QED) is 0.758. The van der Waals surface area contributed by atoms with E-state index in [1.807, 2.05) is 13.8 Å². The number of likely N-dealkylation sites (tertiary alicyclic amines) is 1. The molecule has 1 atom stereocenters. The second kappa shape index (κ2) is 7.13. The summed E-state index contributed by atoms with van der Waals surface area (Å²) in [5, 5.41) is 6.73. The number of imidazole rings is 1. The lowest BCUT2D eigenvalue weighted by molar-refractivity contribution is -0.124. The molecule has 1 saturated heterocycles. The summed E-state index contributed by atoms with van der Waals surface area (Å²) in [7, 11) is 2.09. The molecular formula is C20H30N6O. The molecule has 2 aromatic rings. The van der Waals surface area contributed by atoms with Crippen LogP contribution in [0, 0.1) is 0 Å². The van der Waals surface area contributed by atoms with Gasteiger partial charge in [-0.3, -0.25) is 15.0 Å². The Morgan fingerprint density at radius 3 is 2.85 bits per heavy atom. The van der Waals surface area contributed by atoms with Crippen LogP contribution in [-0.4, -0.2) is 50.5 Å². The summed E-state index contributed by atoms with van der Waals surface area (Å²) in [4.78, 5) is 23.1. The number of H-pyrrole nitrogens is 1. The molecule has 0 bridgehead atoms. The highest BCUT2D eigenvalue weighted by molar-refractivity contribution is 5.82. The van der Waals surface area contributed by atoms with Crippen LogP contribution in [0.25, 0.3) is 0 Å². The minimum Gasteiger partial charge on any atom is -0.353 e. The zero-order valence-corrected chi connectivity index (χ0v) is 16.5. The van der Waals surface area contributed by atoms with Crippen molar-refractivity contribution >= 4 is 5.91 Å². The van der Waals surface area contributed by atoms with Crippen molar-refractivity contribution in [3.05, 3.63) is 41.7 Å². The fraction of sp³-hybridized carbons (Fsp3) is 0.600. The summed E-state index contributed by atoms with van der Waals surface area (Å²) in [5.74, 6) is 0.0795. The molecule has 0 radical (unpaired) electrons. The number of nitrogens with one attached hydrogen (secondary N) is 3. The number of amides is 1. The van der Waals surface area contributed by atoms with E-state index >= 15 is 0 Å². The Labute approximate surface area is 160 Å². The Balaban J connectivity index is 1.49. The minimum atomic E-state index is -0.211. The van der Waals surface area contributed by atoms with E-state index in [0.717, 1.165) is 43.9 Å². The van der Waals surface area contributed by atoms with Crippen molar-refractivity contribution in [1.82, 2.24) is 30.1 Å². The number of rotatable bonds is 4. The van der Waals surface area contributed by atoms with Gasteiger partial charge in [-0.15, -0.1) is 0 Å². The van der Waals surface area contributed by atoms with Gasteiger partial charge in [0.25, 0.3) is 0 Å². The summed E-state index contributed by atoms with van der Waals surface area (Å²) in [6.07, 6.45) is 6.45. The Kier molecular flexibility index (Phi) is 4.82. The number of hydrogen-bond acceptors (Lipinski definition) is 4. The summed E-state index contributed by atoms with van der Waals surface area (Å²) < 4.78 is 2.18. The molecular weight excluding hydrogens is 340 g/mol. The fourth-order valence-electron chi connectivity index (χ4n) is 4.45. The van der Waals surface area contributed by atoms with Gasteiger partial charge in [0.2, 0.25) is 5.91 Å². The Hall–Kier alpha value is -2.12. The van der Waals surface area contributed by atoms with Gasteiger partial charge in [0.15, 0.2) is 0 Å². The number of aromatic nitrogens is 3. The molecule has 2 aliphatic heterocycles. The van der Waals surface area contributed by atoms with Crippen LogP contribution in [0.1, 0.15) is 43.8 Å². The van der Waals surface area contributed by atoms with Crippen molar-refractivity contribution in [3.63, 3.8) is 0 Å². The predicted octanol–water partition coefficient (Wildman–Crippen LogP) is 1.28. The largest absolute Gasteiger partial charge is 0.353 e. The zero-order chi connectivity index (χ0) is 19.0. The molecule has 7 nitrogen and oxygen atoms in total. The van der Waals surface area contributed by atoms with Crippen LogP contribution < -0.4 is 10.6 Å². The van der Waals surface area contributed by atoms with Gasteiger partial charge in [-0.1, -0.05) is 0 Å². The van der Waals surface area contributed by atoms with E-state index in [-0.39, 0.29) is 23.5 Å². The summed E-state index contributed by atoms with van der Waals surface area (Å²) in [5.41, 5.74) is 3.33. The second-order valence-electron chi connectivity index (χ2n) is 8.26. The molecule has 27 heavy (non-hydrogen) atoms. The van der Waals surface area contributed by atoms with Crippen LogP contribution in [-0.2, 0) is 30.3 Å². The molecule has 0 saturated carbocycles. The SMILES string of the molecule is CC(C)NC(=O)[C@@H]1Cc2[nH]cnc2C2(CCN(Cc3cccn3C)CC2)N1. The average Bonchev–Trinajstić information content (AvgIpc) is 3.26. The number of fused-ring (bicyclic) bond motifs is 2. The molecule has 0 unspecified atom stereocenters. The number of hydrogen-bond donors (Lipinski definition) is 3. The summed E-state index contributed by atoms with van der Waals surface area (Å²) in [6, 6.07) is 4.21. The number of nitrogens with zero attached hydrogens (tertiary/aromatic N) is 3. The van der Waals surface area contributed by atoms with Gasteiger partial charge in [-0.05, 0) is 38.8 Å². The first-order valence-corrected chi connectivity index (χ1v) is 9.90. The molecule has 1 amide bonds. The molecule has 4 rings (SSSR count). The lowest BCUT2D eigenvalue weighted by atomic mass is 9.78. The van der Waals surface area contributed by atoms with E-state index in [4.69, 9.17) is 0 Å². The standard InChI is InChI=1S/C20H30N6O/c1-14(2)23-19(27)17-11-16-18(22-13-21-16)20(24-17)6-9-26(10-7-20)12-15-5-4-8-25(15)3/h4-5,8,13-14,17,24H,6-7,9-12H2,1-3H3,(H,21,22)(H,23,27)/t17-/m0/s1. The lowest BCUT2D eigenvalue weighted by Gasteiger charge is -2.46. The van der Waals surface area contributed by atoms with Gasteiger partial charge in [-0.25, -0.2) is 4.98 Å². The van der Waals surface area contributed by atoms with Crippen LogP contribution in [0.2, 0.25) is 0 Å². The van der Waals surface area contributed by atoms with Crippen molar-refractivity contribution in [2.45, 2.75) is 57.3 Å². The second-order valence-corrected chi connectivity index (χ2v) is 8.26. The number of aryl methyl sites for hydroxylation is 1. The van der Waals surface area contributed by atoms with E-state index in [1.165, 1.54) is 5.69 Å². The topological polar surface area (TPSA) is 78.0 Å². The van der Waals surface area contributed by atoms with Gasteiger partial charge in [0.05, 0.1) is 23.6 Å². The lowest BCUT2D eigenvalue weighted by Crippen LogP contribution is -2.61. The number of aromatic amines is 1. The predicted molar refractivity (Wildman–Crippen MR) is 104 cm³/mol. The highest BCUT2D eigenvalue weighted by Crippen LogP contribution is 2.37. The molecule has 0 aliphatic carbocycles. The first kappa shape index (κ1) is 18.3. The molecule has 1 fully saturated rings. The fourth-order valence-corrected chi connectivity index (χ4v) is 4.45. The monoisotopic (exact) mass is 370 g/mol. The van der Waals surface area contributed by atoms with Gasteiger partial charge in [0.1, 0.15) is 0 Å². The van der Waals surface area contributed by atoms with Gasteiger partial charge >= 0.3 is 0 Å². The molecule has 4 heterocycles. The van der Waals surface area contributed by atoms with E-state index in [2.05, 4.69) is 55.4 Å². The molecule has 2 aliphatic rings. The minimum absolute atomic E-state index is 0.0795. The van der Waals surface area contributed by atoms with E-state index in [9.17, 15) is 4.79 Å². The smallest absolute Gasteiger partial charge is 0.237 e. The van der Waals surface area contributed by atoms with Crippen molar-refractivity contribution in [2.24, 2.45) is 7.05 Å². The normalized spacial score (nSPS) is 22.1. The third kappa shape index (κ3) is 3.53. The third-order valence-corrected chi connectivity index (χ3v) is 5.92. The van der Waals surface area contributed by atoms with Crippen molar-refractivity contribution in [2.75, 3.05) is 13.1 Å². The summed E-state index contributed by atoms with van der Waals surface area (Å²) in [6.45, 7) is 6.94. The highest BCUT2D eigenvalue weighted by Gasteiger charge is 2.45. The Bertz CT molecular complexity index is 799. The van der Waals surface area contributed by atoms with Crippen LogP contribution in [0.4, 0.5) is 0 Å². The molecule has 2 aromatic heterocycles. The van der Waals surface area contributed by atoms with E-state index < -0.39 is 0 Å². The maximum Gasteiger partial charge on any atom is 0.237 e. The van der Waals surface area contributed by atoms with Crippen LogP contribution in [0.15, 0.2) is 24.7 Å².